The van der Waals surface area contributed by atoms with Crippen LogP contribution in [0.4, 0.5) is 0 Å². The van der Waals surface area contributed by atoms with Gasteiger partial charge in [0.2, 0.25) is 0 Å². The van der Waals surface area contributed by atoms with E-state index in [9.17, 15) is 5.21 Å². The molecule has 0 spiro atoms. The van der Waals surface area contributed by atoms with Crippen LogP contribution in [0, 0.1) is 0 Å². The standard InChI is InChI=1S/C27H30NOP.BrH/c1-26(2)20-22(27(3,4)28(26)29)21-30(23-14-8-5-9-15-23,24-16-10-6-11-17-24)25-18-12-7-13-19-25;/h5-20H,21H2,1-4H3;1H/q+1;/p-1. The smallest absolute Gasteiger partial charge is 0.116 e. The van der Waals surface area contributed by atoms with E-state index in [1.54, 1.807) is 0 Å². The Morgan fingerprint density at radius 3 is 1.32 bits per heavy atom. The Morgan fingerprint density at radius 1 is 0.677 bits per heavy atom. The van der Waals surface area contributed by atoms with Gasteiger partial charge in [-0.15, -0.1) is 10.3 Å². The minimum absolute atomic E-state index is 0. The third kappa shape index (κ3) is 4.17. The first-order valence-electron chi connectivity index (χ1n) is 10.5. The Hall–Kier alpha value is -1.77. The van der Waals surface area contributed by atoms with Crippen LogP contribution in [0.3, 0.4) is 0 Å². The topological polar surface area (TPSA) is 23.1 Å². The van der Waals surface area contributed by atoms with Crippen molar-refractivity contribution in [3.63, 3.8) is 0 Å². The second-order valence-corrected chi connectivity index (χ2v) is 12.6. The molecule has 4 heteroatoms. The highest BCUT2D eigenvalue weighted by molar-refractivity contribution is 7.95. The molecule has 31 heavy (non-hydrogen) atoms. The maximum Gasteiger partial charge on any atom is 0.116 e. The van der Waals surface area contributed by atoms with E-state index in [0.717, 1.165) is 6.16 Å². The minimum Gasteiger partial charge on any atom is -1.00 e. The predicted molar refractivity (Wildman–Crippen MR) is 129 cm³/mol. The molecule has 1 aliphatic rings. The Labute approximate surface area is 197 Å². The lowest BCUT2D eigenvalue weighted by Gasteiger charge is -2.36. The molecule has 0 N–H and O–H groups in total. The number of halogens is 1. The largest absolute Gasteiger partial charge is 1.00 e. The highest BCUT2D eigenvalue weighted by atomic mass is 79.9. The van der Waals surface area contributed by atoms with E-state index >= 15 is 0 Å². The fourth-order valence-electron chi connectivity index (χ4n) is 4.78. The molecule has 3 aromatic carbocycles. The van der Waals surface area contributed by atoms with Gasteiger partial charge in [-0.2, -0.15) is 0 Å². The average molecular weight is 495 g/mol. The lowest BCUT2D eigenvalue weighted by Crippen LogP contribution is -3.00. The molecule has 0 aliphatic carbocycles. The van der Waals surface area contributed by atoms with Crippen LogP contribution in [-0.4, -0.2) is 22.3 Å². The molecule has 0 saturated carbocycles. The molecule has 161 valence electrons. The molecular weight excluding hydrogens is 465 g/mol. The van der Waals surface area contributed by atoms with Crippen molar-refractivity contribution in [1.82, 2.24) is 5.06 Å². The molecule has 1 radical (unpaired) electrons. The fraction of sp³-hybridized carbons (Fsp3) is 0.259. The summed E-state index contributed by atoms with van der Waals surface area (Å²) in [5.74, 6) is 0. The van der Waals surface area contributed by atoms with E-state index in [-0.39, 0.29) is 17.0 Å². The fourth-order valence-corrected chi connectivity index (χ4v) is 9.25. The number of benzene rings is 3. The van der Waals surface area contributed by atoms with Crippen molar-refractivity contribution in [2.75, 3.05) is 6.16 Å². The molecule has 0 aromatic heterocycles. The molecule has 0 amide bonds. The van der Waals surface area contributed by atoms with Gasteiger partial charge < -0.3 is 17.0 Å². The maximum absolute atomic E-state index is 13.1. The van der Waals surface area contributed by atoms with E-state index in [0.29, 0.717) is 0 Å². The van der Waals surface area contributed by atoms with Crippen molar-refractivity contribution in [2.24, 2.45) is 0 Å². The van der Waals surface area contributed by atoms with Crippen molar-refractivity contribution < 1.29 is 22.2 Å². The van der Waals surface area contributed by atoms with Gasteiger partial charge in [0.15, 0.2) is 0 Å². The minimum atomic E-state index is -2.00. The van der Waals surface area contributed by atoms with Crippen LogP contribution in [0.15, 0.2) is 103 Å². The first-order chi connectivity index (χ1) is 14.3. The first-order valence-corrected chi connectivity index (χ1v) is 12.5. The van der Waals surface area contributed by atoms with Crippen LogP contribution < -0.4 is 32.9 Å². The monoisotopic (exact) mass is 494 g/mol. The third-order valence-corrected chi connectivity index (χ3v) is 10.7. The maximum atomic E-state index is 13.1. The molecule has 1 aliphatic heterocycles. The first kappa shape index (κ1) is 23.9. The summed E-state index contributed by atoms with van der Waals surface area (Å²) in [7, 11) is -2.00. The summed E-state index contributed by atoms with van der Waals surface area (Å²) in [5, 5.41) is 18.4. The normalized spacial score (nSPS) is 17.6. The zero-order valence-corrected chi connectivity index (χ0v) is 21.1. The SMILES string of the molecule is CC1(C)C=C(C[P+](c2ccccc2)(c2ccccc2)c2ccccc2)C(C)(C)N1[O].[Br-]. The number of rotatable bonds is 5. The summed E-state index contributed by atoms with van der Waals surface area (Å²) in [6, 6.07) is 32.6. The van der Waals surface area contributed by atoms with E-state index in [4.69, 9.17) is 0 Å². The second-order valence-electron chi connectivity index (χ2n) is 9.15. The van der Waals surface area contributed by atoms with Crippen molar-refractivity contribution in [3.8, 4) is 0 Å². The lowest BCUT2D eigenvalue weighted by atomic mass is 9.98. The summed E-state index contributed by atoms with van der Waals surface area (Å²) in [4.78, 5) is 0. The highest BCUT2D eigenvalue weighted by Gasteiger charge is 2.53. The van der Waals surface area contributed by atoms with Gasteiger partial charge in [-0.25, -0.2) is 0 Å². The highest BCUT2D eigenvalue weighted by Crippen LogP contribution is 2.59. The molecule has 1 heterocycles. The second kappa shape index (κ2) is 9.00. The molecule has 0 fully saturated rings. The zero-order chi connectivity index (χ0) is 21.4. The molecule has 3 aromatic rings. The van der Waals surface area contributed by atoms with Crippen molar-refractivity contribution in [3.05, 3.63) is 103 Å². The molecule has 4 rings (SSSR count). The van der Waals surface area contributed by atoms with Crippen LogP contribution in [0.5, 0.6) is 0 Å². The van der Waals surface area contributed by atoms with Gasteiger partial charge >= 0.3 is 0 Å². The molecule has 0 atom stereocenters. The van der Waals surface area contributed by atoms with Crippen LogP contribution in [0.2, 0.25) is 0 Å². The molecule has 2 nitrogen and oxygen atoms in total. The van der Waals surface area contributed by atoms with E-state index < -0.39 is 18.3 Å². The number of nitrogens with zero attached hydrogens (tertiary/aromatic N) is 1. The Bertz CT molecular complexity index is 936. The van der Waals surface area contributed by atoms with Crippen LogP contribution in [-0.2, 0) is 5.21 Å². The number of hydroxylamine groups is 2. The van der Waals surface area contributed by atoms with Crippen LogP contribution in [0.1, 0.15) is 27.7 Å². The summed E-state index contributed by atoms with van der Waals surface area (Å²) < 4.78 is 0. The molecule has 0 saturated heterocycles. The molecular formula is C27H30BrNOP. The summed E-state index contributed by atoms with van der Waals surface area (Å²) in [6.45, 7) is 8.16. The molecule has 0 unspecified atom stereocenters. The van der Waals surface area contributed by atoms with Gasteiger partial charge in [0.05, 0.1) is 17.2 Å². The van der Waals surface area contributed by atoms with Gasteiger partial charge in [-0.05, 0) is 69.7 Å². The van der Waals surface area contributed by atoms with Gasteiger partial charge in [0, 0.05) is 0 Å². The number of hydrogen-bond donors (Lipinski definition) is 0. The Morgan fingerprint density at radius 2 is 1.03 bits per heavy atom. The predicted octanol–water partition coefficient (Wildman–Crippen LogP) is 2.13. The summed E-state index contributed by atoms with van der Waals surface area (Å²) in [5.41, 5.74) is 0.193. The summed E-state index contributed by atoms with van der Waals surface area (Å²) >= 11 is 0. The van der Waals surface area contributed by atoms with Gasteiger partial charge in [-0.1, -0.05) is 60.7 Å². The van der Waals surface area contributed by atoms with Gasteiger partial charge in [0.25, 0.3) is 0 Å². The van der Waals surface area contributed by atoms with Gasteiger partial charge in [-0.3, -0.25) is 0 Å². The van der Waals surface area contributed by atoms with Gasteiger partial charge in [0.1, 0.15) is 23.2 Å². The molecule has 0 bridgehead atoms. The van der Waals surface area contributed by atoms with E-state index in [1.165, 1.54) is 26.5 Å². The Balaban J connectivity index is 0.00000272. The Kier molecular flexibility index (Phi) is 6.93. The summed E-state index contributed by atoms with van der Waals surface area (Å²) in [6.07, 6.45) is 3.07. The zero-order valence-electron chi connectivity index (χ0n) is 18.6. The number of hydrogen-bond acceptors (Lipinski definition) is 1. The lowest BCUT2D eigenvalue weighted by molar-refractivity contribution is -0.238. The third-order valence-electron chi connectivity index (χ3n) is 6.34. The van der Waals surface area contributed by atoms with Crippen molar-refractivity contribution in [1.29, 1.82) is 0 Å². The van der Waals surface area contributed by atoms with E-state index in [2.05, 4.69) is 111 Å². The average Bonchev–Trinajstić information content (AvgIpc) is 2.92. The van der Waals surface area contributed by atoms with Crippen molar-refractivity contribution in [2.45, 2.75) is 38.8 Å². The quantitative estimate of drug-likeness (QED) is 0.393. The van der Waals surface area contributed by atoms with Crippen LogP contribution in [0.25, 0.3) is 0 Å². The van der Waals surface area contributed by atoms with Crippen LogP contribution >= 0.6 is 7.26 Å². The van der Waals surface area contributed by atoms with Crippen molar-refractivity contribution >= 4 is 23.2 Å². The van der Waals surface area contributed by atoms with E-state index in [1.807, 2.05) is 13.8 Å².